The molecule has 0 aliphatic heterocycles. The number of hydrogen-bond donors (Lipinski definition) is 0. The molecule has 76 valence electrons. The predicted octanol–water partition coefficient (Wildman–Crippen LogP) is 3.42. The van der Waals surface area contributed by atoms with Crippen LogP contribution in [-0.2, 0) is 9.53 Å². The van der Waals surface area contributed by atoms with E-state index in [0.717, 1.165) is 18.4 Å². The molecular formula is C11H20O2. The zero-order valence-electron chi connectivity index (χ0n) is 8.93. The van der Waals surface area contributed by atoms with Crippen LogP contribution in [0.5, 0.6) is 0 Å². The van der Waals surface area contributed by atoms with Gasteiger partial charge in [0.05, 0.1) is 6.26 Å². The molecule has 0 radical (unpaired) electrons. The minimum Gasteiger partial charge on any atom is -0.435 e. The molecule has 0 saturated carbocycles. The van der Waals surface area contributed by atoms with Crippen LogP contribution in [0, 0.1) is 0 Å². The Morgan fingerprint density at radius 2 is 1.92 bits per heavy atom. The maximum Gasteiger partial charge on any atom is 0.310 e. The molecule has 0 spiro atoms. The van der Waals surface area contributed by atoms with Crippen molar-refractivity contribution >= 4 is 5.97 Å². The first-order valence-electron chi connectivity index (χ1n) is 4.99. The molecule has 0 atom stereocenters. The molecule has 0 N–H and O–H groups in total. The topological polar surface area (TPSA) is 26.3 Å². The molecule has 0 rings (SSSR count). The maximum absolute atomic E-state index is 11.0. The van der Waals surface area contributed by atoms with Gasteiger partial charge in [0.15, 0.2) is 0 Å². The lowest BCUT2D eigenvalue weighted by Gasteiger charge is -1.99. The van der Waals surface area contributed by atoms with Crippen molar-refractivity contribution in [3.8, 4) is 0 Å². The van der Waals surface area contributed by atoms with Gasteiger partial charge >= 0.3 is 5.97 Å². The summed E-state index contributed by atoms with van der Waals surface area (Å²) in [5.41, 5.74) is 1.02. The average molecular weight is 184 g/mol. The molecule has 0 aliphatic rings. The lowest BCUT2D eigenvalue weighted by Crippen LogP contribution is -1.99. The SMILES string of the molecule is CCCCCCC(=O)OC=C(C)C. The molecule has 0 aromatic carbocycles. The summed E-state index contributed by atoms with van der Waals surface area (Å²) in [5.74, 6) is -0.114. The van der Waals surface area contributed by atoms with E-state index in [-0.39, 0.29) is 5.97 Å². The first-order valence-corrected chi connectivity index (χ1v) is 4.99. The number of allylic oxidation sites excluding steroid dienone is 1. The molecule has 0 heterocycles. The van der Waals surface area contributed by atoms with Gasteiger partial charge < -0.3 is 4.74 Å². The fourth-order valence-corrected chi connectivity index (χ4v) is 0.939. The van der Waals surface area contributed by atoms with Crippen molar-refractivity contribution in [2.24, 2.45) is 0 Å². The average Bonchev–Trinajstić information content (AvgIpc) is 2.09. The minimum atomic E-state index is -0.114. The summed E-state index contributed by atoms with van der Waals surface area (Å²) < 4.78 is 4.88. The number of hydrogen-bond acceptors (Lipinski definition) is 2. The summed E-state index contributed by atoms with van der Waals surface area (Å²) >= 11 is 0. The zero-order chi connectivity index (χ0) is 10.1. The fraction of sp³-hybridized carbons (Fsp3) is 0.727. The van der Waals surface area contributed by atoms with Crippen LogP contribution in [0.25, 0.3) is 0 Å². The van der Waals surface area contributed by atoms with Crippen molar-refractivity contribution in [3.05, 3.63) is 11.8 Å². The van der Waals surface area contributed by atoms with E-state index in [1.54, 1.807) is 0 Å². The zero-order valence-corrected chi connectivity index (χ0v) is 8.93. The molecule has 2 heteroatoms. The monoisotopic (exact) mass is 184 g/mol. The van der Waals surface area contributed by atoms with E-state index in [4.69, 9.17) is 4.74 Å². The highest BCUT2D eigenvalue weighted by Gasteiger charge is 1.99. The maximum atomic E-state index is 11.0. The van der Waals surface area contributed by atoms with Crippen molar-refractivity contribution in [2.75, 3.05) is 0 Å². The molecule has 0 aromatic rings. The number of ether oxygens (including phenoxy) is 1. The van der Waals surface area contributed by atoms with Crippen LogP contribution >= 0.6 is 0 Å². The Bertz CT molecular complexity index is 167. The summed E-state index contributed by atoms with van der Waals surface area (Å²) in [5, 5.41) is 0. The summed E-state index contributed by atoms with van der Waals surface area (Å²) in [7, 11) is 0. The second-order valence-corrected chi connectivity index (χ2v) is 3.50. The highest BCUT2D eigenvalue weighted by molar-refractivity contribution is 5.69. The van der Waals surface area contributed by atoms with Gasteiger partial charge in [-0.2, -0.15) is 0 Å². The number of carbonyl (C=O) groups is 1. The van der Waals surface area contributed by atoms with E-state index in [1.807, 2.05) is 13.8 Å². The number of carbonyl (C=O) groups excluding carboxylic acids is 1. The standard InChI is InChI=1S/C11H20O2/c1-4-5-6-7-8-11(12)13-9-10(2)3/h9H,4-8H2,1-3H3. The first-order chi connectivity index (χ1) is 6.16. The van der Waals surface area contributed by atoms with Crippen molar-refractivity contribution in [3.63, 3.8) is 0 Å². The van der Waals surface area contributed by atoms with Crippen LogP contribution < -0.4 is 0 Å². The van der Waals surface area contributed by atoms with Gasteiger partial charge in [-0.1, -0.05) is 26.2 Å². The molecule has 0 amide bonds. The molecule has 0 aliphatic carbocycles. The van der Waals surface area contributed by atoms with Gasteiger partial charge in [-0.05, 0) is 25.8 Å². The number of esters is 1. The Balaban J connectivity index is 3.36. The van der Waals surface area contributed by atoms with Crippen LogP contribution in [0.4, 0.5) is 0 Å². The Morgan fingerprint density at radius 1 is 1.23 bits per heavy atom. The molecule has 0 unspecified atom stereocenters. The molecule has 2 nitrogen and oxygen atoms in total. The van der Waals surface area contributed by atoms with E-state index in [2.05, 4.69) is 6.92 Å². The molecule has 13 heavy (non-hydrogen) atoms. The molecular weight excluding hydrogens is 164 g/mol. The van der Waals surface area contributed by atoms with E-state index >= 15 is 0 Å². The van der Waals surface area contributed by atoms with Crippen molar-refractivity contribution in [1.29, 1.82) is 0 Å². The van der Waals surface area contributed by atoms with Crippen molar-refractivity contribution in [1.82, 2.24) is 0 Å². The molecule has 0 bridgehead atoms. The van der Waals surface area contributed by atoms with Gasteiger partial charge in [-0.15, -0.1) is 0 Å². The minimum absolute atomic E-state index is 0.114. The van der Waals surface area contributed by atoms with Crippen LogP contribution in [-0.4, -0.2) is 5.97 Å². The van der Waals surface area contributed by atoms with Crippen LogP contribution in [0.15, 0.2) is 11.8 Å². The van der Waals surface area contributed by atoms with E-state index in [1.165, 1.54) is 19.1 Å². The fourth-order valence-electron chi connectivity index (χ4n) is 0.939. The van der Waals surface area contributed by atoms with Crippen LogP contribution in [0.1, 0.15) is 52.9 Å². The van der Waals surface area contributed by atoms with Gasteiger partial charge in [0.25, 0.3) is 0 Å². The third kappa shape index (κ3) is 9.12. The summed E-state index contributed by atoms with van der Waals surface area (Å²) in [6, 6.07) is 0. The smallest absolute Gasteiger partial charge is 0.310 e. The van der Waals surface area contributed by atoms with Gasteiger partial charge in [0.1, 0.15) is 0 Å². The van der Waals surface area contributed by atoms with Crippen LogP contribution in [0.2, 0.25) is 0 Å². The highest BCUT2D eigenvalue weighted by atomic mass is 16.5. The third-order valence-corrected chi connectivity index (χ3v) is 1.66. The largest absolute Gasteiger partial charge is 0.435 e. The number of rotatable bonds is 6. The van der Waals surface area contributed by atoms with Crippen molar-refractivity contribution in [2.45, 2.75) is 52.9 Å². The summed E-state index contributed by atoms with van der Waals surface area (Å²) in [6.45, 7) is 5.97. The van der Waals surface area contributed by atoms with Crippen LogP contribution in [0.3, 0.4) is 0 Å². The third-order valence-electron chi connectivity index (χ3n) is 1.66. The van der Waals surface area contributed by atoms with Crippen molar-refractivity contribution < 1.29 is 9.53 Å². The van der Waals surface area contributed by atoms with E-state index in [9.17, 15) is 4.79 Å². The second kappa shape index (κ2) is 7.84. The summed E-state index contributed by atoms with van der Waals surface area (Å²) in [6.07, 6.45) is 6.54. The lowest BCUT2D eigenvalue weighted by molar-refractivity contribution is -0.138. The lowest BCUT2D eigenvalue weighted by atomic mass is 10.2. The molecule has 0 aromatic heterocycles. The van der Waals surface area contributed by atoms with Gasteiger partial charge in [0, 0.05) is 6.42 Å². The quantitative estimate of drug-likeness (QED) is 0.359. The Labute approximate surface area is 81.0 Å². The predicted molar refractivity (Wildman–Crippen MR) is 54.3 cm³/mol. The van der Waals surface area contributed by atoms with E-state index in [0.29, 0.717) is 6.42 Å². The normalized spacial score (nSPS) is 9.46. The Hall–Kier alpha value is -0.790. The second-order valence-electron chi connectivity index (χ2n) is 3.50. The first kappa shape index (κ1) is 12.2. The van der Waals surface area contributed by atoms with Gasteiger partial charge in [-0.3, -0.25) is 4.79 Å². The van der Waals surface area contributed by atoms with Gasteiger partial charge in [0.2, 0.25) is 0 Å². The highest BCUT2D eigenvalue weighted by Crippen LogP contribution is 2.04. The Kier molecular flexibility index (Phi) is 7.36. The Morgan fingerprint density at radius 3 is 2.46 bits per heavy atom. The molecule has 0 fully saturated rings. The molecule has 0 saturated heterocycles. The van der Waals surface area contributed by atoms with E-state index < -0.39 is 0 Å². The number of unbranched alkanes of at least 4 members (excludes halogenated alkanes) is 3. The van der Waals surface area contributed by atoms with Gasteiger partial charge in [-0.25, -0.2) is 0 Å². The summed E-state index contributed by atoms with van der Waals surface area (Å²) in [4.78, 5) is 11.0.